The average Bonchev–Trinajstić information content (AvgIpc) is 3.55. The van der Waals surface area contributed by atoms with Crippen molar-refractivity contribution in [2.24, 2.45) is 0 Å². The molecule has 0 unspecified atom stereocenters. The monoisotopic (exact) mass is 656 g/mol. The van der Waals surface area contributed by atoms with Gasteiger partial charge in [-0.25, -0.2) is 0 Å². The molecule has 5 aromatic rings. The first kappa shape index (κ1) is 31.1. The van der Waals surface area contributed by atoms with Gasteiger partial charge in [0, 0.05) is 0 Å². The Morgan fingerprint density at radius 2 is 1.52 bits per heavy atom. The maximum absolute atomic E-state index is 4.93. The SMILES string of the molecule is CCc1ccccc1-c1c(C(C)C)ccc2[cH-]c(C(C)(C)C)cc12.[Cl][Zr+2][Cl].[c-]1cccc2c1[Si]c1ccccc1-2. The van der Waals surface area contributed by atoms with Crippen LogP contribution in [0.25, 0.3) is 33.0 Å². The number of halogens is 2. The van der Waals surface area contributed by atoms with Crippen LogP contribution < -0.4 is 10.4 Å². The van der Waals surface area contributed by atoms with Crippen LogP contribution in [-0.2, 0) is 32.7 Å². The van der Waals surface area contributed by atoms with Crippen LogP contribution in [-0.4, -0.2) is 9.52 Å². The second-order valence-electron chi connectivity index (χ2n) is 11.4. The van der Waals surface area contributed by atoms with Crippen LogP contribution in [0, 0.1) is 6.07 Å². The van der Waals surface area contributed by atoms with Crippen LogP contribution in [0.1, 0.15) is 64.2 Å². The molecule has 0 nitrogen and oxygen atoms in total. The summed E-state index contributed by atoms with van der Waals surface area (Å²) < 4.78 is 0. The summed E-state index contributed by atoms with van der Waals surface area (Å²) in [5, 5.41) is 5.60. The standard InChI is InChI=1S/C24H29.C12H7Si.2ClH.Zr/c1-7-17-10-8-9-11-21(17)23-20(16(2)3)13-12-18-14-19(15-22(18)23)24(4,5)6;1-3-7-11-9(5-1)10-6-2-4-8-12(10)13-11;;;/h8-16H,7H2,1-6H3;1-7H;2*1H;/q2*-1;;;+4/p-2. The molecule has 0 aliphatic carbocycles. The third-order valence-electron chi connectivity index (χ3n) is 7.41. The maximum atomic E-state index is 4.93. The molecule has 202 valence electrons. The van der Waals surface area contributed by atoms with Gasteiger partial charge in [-0.3, -0.25) is 0 Å². The Labute approximate surface area is 262 Å². The van der Waals surface area contributed by atoms with Gasteiger partial charge < -0.3 is 0 Å². The molecule has 40 heavy (non-hydrogen) atoms. The molecule has 0 amide bonds. The summed E-state index contributed by atoms with van der Waals surface area (Å²) in [6, 6.07) is 36.5. The van der Waals surface area contributed by atoms with E-state index in [1.54, 1.807) is 0 Å². The Morgan fingerprint density at radius 3 is 2.20 bits per heavy atom. The van der Waals surface area contributed by atoms with Gasteiger partial charge in [0.2, 0.25) is 0 Å². The summed E-state index contributed by atoms with van der Waals surface area (Å²) in [6.45, 7) is 13.7. The zero-order valence-electron chi connectivity index (χ0n) is 24.2. The minimum atomic E-state index is -0.826. The third-order valence-corrected chi connectivity index (χ3v) is 8.78. The van der Waals surface area contributed by atoms with Gasteiger partial charge in [-0.2, -0.15) is 35.5 Å². The van der Waals surface area contributed by atoms with Gasteiger partial charge in [-0.1, -0.05) is 112 Å². The van der Waals surface area contributed by atoms with Crippen molar-refractivity contribution < 1.29 is 20.8 Å². The summed E-state index contributed by atoms with van der Waals surface area (Å²) in [5.74, 6) is 0.516. The zero-order valence-corrected chi connectivity index (χ0v) is 29.2. The minimum absolute atomic E-state index is 0.179. The molecular weight excluding hydrogens is 623 g/mol. The first-order valence-corrected chi connectivity index (χ1v) is 21.2. The Bertz CT molecular complexity index is 1530. The Balaban J connectivity index is 0.000000192. The van der Waals surface area contributed by atoms with Crippen molar-refractivity contribution in [3.63, 3.8) is 0 Å². The molecule has 0 spiro atoms. The number of aryl methyl sites for hydroxylation is 1. The molecule has 0 fully saturated rings. The van der Waals surface area contributed by atoms with E-state index in [2.05, 4.69) is 133 Å². The van der Waals surface area contributed by atoms with E-state index >= 15 is 0 Å². The fraction of sp³-hybridized carbons (Fsp3) is 0.250. The molecule has 0 atom stereocenters. The largest absolute Gasteiger partial charge is 0.184 e. The van der Waals surface area contributed by atoms with Gasteiger partial charge in [0.25, 0.3) is 0 Å². The fourth-order valence-electron chi connectivity index (χ4n) is 5.31. The Morgan fingerprint density at radius 1 is 0.875 bits per heavy atom. The quantitative estimate of drug-likeness (QED) is 0.131. The van der Waals surface area contributed by atoms with Crippen molar-refractivity contribution >= 4 is 47.7 Å². The van der Waals surface area contributed by atoms with Gasteiger partial charge in [-0.15, -0.1) is 40.1 Å². The number of hydrogen-bond donors (Lipinski definition) is 0. The molecule has 1 aliphatic heterocycles. The first-order valence-electron chi connectivity index (χ1n) is 13.8. The van der Waals surface area contributed by atoms with E-state index < -0.39 is 20.8 Å². The number of hydrogen-bond acceptors (Lipinski definition) is 0. The molecule has 0 N–H and O–H groups in total. The molecule has 1 aliphatic rings. The van der Waals surface area contributed by atoms with E-state index in [1.165, 1.54) is 60.1 Å². The summed E-state index contributed by atoms with van der Waals surface area (Å²) in [4.78, 5) is 0. The predicted molar refractivity (Wildman–Crippen MR) is 175 cm³/mol. The number of rotatable bonds is 3. The topological polar surface area (TPSA) is 0 Å². The molecule has 6 rings (SSSR count). The minimum Gasteiger partial charge on any atom is -0.184 e. The summed E-state index contributed by atoms with van der Waals surface area (Å²) in [6.07, 6.45) is 1.07. The first-order chi connectivity index (χ1) is 19.2. The molecule has 0 saturated heterocycles. The number of fused-ring (bicyclic) bond motifs is 4. The number of benzene rings is 4. The van der Waals surface area contributed by atoms with Crippen molar-refractivity contribution in [2.45, 2.75) is 59.3 Å². The average molecular weight is 659 g/mol. The van der Waals surface area contributed by atoms with E-state index in [0.29, 0.717) is 5.92 Å². The van der Waals surface area contributed by atoms with Crippen LogP contribution in [0.2, 0.25) is 0 Å². The van der Waals surface area contributed by atoms with E-state index in [-0.39, 0.29) is 5.41 Å². The molecule has 4 heteroatoms. The van der Waals surface area contributed by atoms with Crippen molar-refractivity contribution in [3.8, 4) is 22.3 Å². The van der Waals surface area contributed by atoms with E-state index in [4.69, 9.17) is 17.0 Å². The second kappa shape index (κ2) is 13.9. The second-order valence-corrected chi connectivity index (χ2v) is 16.4. The van der Waals surface area contributed by atoms with Crippen molar-refractivity contribution in [3.05, 3.63) is 114 Å². The van der Waals surface area contributed by atoms with Crippen LogP contribution in [0.3, 0.4) is 0 Å². The van der Waals surface area contributed by atoms with Crippen molar-refractivity contribution in [1.82, 2.24) is 0 Å². The molecule has 5 aromatic carbocycles. The van der Waals surface area contributed by atoms with Gasteiger partial charge in [0.1, 0.15) is 0 Å². The van der Waals surface area contributed by atoms with Gasteiger partial charge in [0.05, 0.1) is 9.52 Å². The summed E-state index contributed by atoms with van der Waals surface area (Å²) >= 11 is -0.826. The van der Waals surface area contributed by atoms with Gasteiger partial charge >= 0.3 is 37.9 Å². The van der Waals surface area contributed by atoms with Crippen molar-refractivity contribution in [1.29, 1.82) is 0 Å². The van der Waals surface area contributed by atoms with Gasteiger partial charge in [-0.05, 0) is 28.9 Å². The molecule has 2 radical (unpaired) electrons. The summed E-state index contributed by atoms with van der Waals surface area (Å²) in [5.41, 5.74) is 10.1. The molecule has 1 heterocycles. The predicted octanol–water partition coefficient (Wildman–Crippen LogP) is 9.71. The molecular formula is C36H36Cl2SiZr. The summed E-state index contributed by atoms with van der Waals surface area (Å²) in [7, 11) is 10.7. The third kappa shape index (κ3) is 6.96. The normalized spacial score (nSPS) is 11.6. The molecule has 0 bridgehead atoms. The van der Waals surface area contributed by atoms with Crippen LogP contribution >= 0.6 is 17.0 Å². The van der Waals surface area contributed by atoms with E-state index in [1.807, 2.05) is 6.07 Å². The van der Waals surface area contributed by atoms with Crippen molar-refractivity contribution in [2.75, 3.05) is 0 Å². The maximum Gasteiger partial charge on any atom is 0.0920 e. The molecule has 0 saturated carbocycles. The Kier molecular flexibility index (Phi) is 10.8. The van der Waals surface area contributed by atoms with E-state index in [9.17, 15) is 0 Å². The fourth-order valence-corrected chi connectivity index (χ4v) is 6.62. The smallest absolute Gasteiger partial charge is 0.0920 e. The van der Waals surface area contributed by atoms with Crippen LogP contribution in [0.5, 0.6) is 0 Å². The molecule has 0 aromatic heterocycles. The van der Waals surface area contributed by atoms with Gasteiger partial charge in [0.15, 0.2) is 0 Å². The van der Waals surface area contributed by atoms with Crippen LogP contribution in [0.15, 0.2) is 91.0 Å². The van der Waals surface area contributed by atoms with Crippen LogP contribution in [0.4, 0.5) is 0 Å². The van der Waals surface area contributed by atoms with E-state index in [0.717, 1.165) is 15.9 Å². The Hall–Kier alpha value is -1.83. The zero-order chi connectivity index (χ0) is 28.9.